The van der Waals surface area contributed by atoms with Gasteiger partial charge in [0.25, 0.3) is 0 Å². The summed E-state index contributed by atoms with van der Waals surface area (Å²) < 4.78 is 5.57. The highest BCUT2D eigenvalue weighted by molar-refractivity contribution is 5.73. The van der Waals surface area contributed by atoms with Gasteiger partial charge in [-0.2, -0.15) is 0 Å². The first-order valence-electron chi connectivity index (χ1n) is 10.7. The van der Waals surface area contributed by atoms with Gasteiger partial charge in [-0.1, -0.05) is 30.3 Å². The van der Waals surface area contributed by atoms with Gasteiger partial charge in [0.05, 0.1) is 19.3 Å². The van der Waals surface area contributed by atoms with Crippen molar-refractivity contribution in [3.05, 3.63) is 35.9 Å². The van der Waals surface area contributed by atoms with E-state index in [4.69, 9.17) is 4.74 Å². The van der Waals surface area contributed by atoms with Gasteiger partial charge in [-0.3, -0.25) is 14.6 Å². The minimum atomic E-state index is -0.824. The van der Waals surface area contributed by atoms with Crippen LogP contribution in [0.15, 0.2) is 30.3 Å². The predicted molar refractivity (Wildman–Crippen MR) is 108 cm³/mol. The van der Waals surface area contributed by atoms with Gasteiger partial charge in [0.2, 0.25) is 5.91 Å². The zero-order valence-electron chi connectivity index (χ0n) is 16.9. The first-order chi connectivity index (χ1) is 13.6. The number of carbonyl (C=O) groups is 1. The first-order valence-corrected chi connectivity index (χ1v) is 10.7. The van der Waals surface area contributed by atoms with Crippen LogP contribution in [-0.4, -0.2) is 90.3 Å². The third-order valence-electron chi connectivity index (χ3n) is 6.93. The summed E-state index contributed by atoms with van der Waals surface area (Å²) in [4.78, 5) is 18.6. The van der Waals surface area contributed by atoms with Gasteiger partial charge in [0.15, 0.2) is 0 Å². The summed E-state index contributed by atoms with van der Waals surface area (Å²) in [6, 6.07) is 10.7. The molecule has 3 heterocycles. The topological polar surface area (TPSA) is 56.2 Å². The van der Waals surface area contributed by atoms with Crippen LogP contribution in [0.25, 0.3) is 0 Å². The zero-order valence-corrected chi connectivity index (χ0v) is 16.9. The Bertz CT molecular complexity index is 656. The molecule has 1 N–H and O–H groups in total. The van der Waals surface area contributed by atoms with E-state index in [2.05, 4.69) is 21.9 Å². The van der Waals surface area contributed by atoms with Crippen LogP contribution in [-0.2, 0) is 15.1 Å². The van der Waals surface area contributed by atoms with Gasteiger partial charge in [-0.05, 0) is 24.8 Å². The van der Waals surface area contributed by atoms with Crippen molar-refractivity contribution >= 4 is 5.91 Å². The molecule has 0 aromatic heterocycles. The first kappa shape index (κ1) is 19.8. The van der Waals surface area contributed by atoms with Crippen LogP contribution in [0.1, 0.15) is 31.7 Å². The maximum atomic E-state index is 11.8. The number of nitrogens with zero attached hydrogens (tertiary/aromatic N) is 3. The second-order valence-electron chi connectivity index (χ2n) is 8.44. The third kappa shape index (κ3) is 3.96. The average Bonchev–Trinajstić information content (AvgIpc) is 2.75. The fourth-order valence-electron chi connectivity index (χ4n) is 5.19. The van der Waals surface area contributed by atoms with Crippen molar-refractivity contribution in [1.29, 1.82) is 0 Å². The van der Waals surface area contributed by atoms with Crippen molar-refractivity contribution in [3.8, 4) is 0 Å². The highest BCUT2D eigenvalue weighted by atomic mass is 16.5. The van der Waals surface area contributed by atoms with Crippen LogP contribution >= 0.6 is 0 Å². The van der Waals surface area contributed by atoms with E-state index in [9.17, 15) is 9.90 Å². The third-order valence-corrected chi connectivity index (χ3v) is 6.93. The minimum Gasteiger partial charge on any atom is -0.383 e. The number of piperidine rings is 2. The molecule has 3 fully saturated rings. The van der Waals surface area contributed by atoms with E-state index in [1.807, 2.05) is 23.1 Å². The largest absolute Gasteiger partial charge is 0.383 e. The van der Waals surface area contributed by atoms with Gasteiger partial charge in [-0.15, -0.1) is 0 Å². The smallest absolute Gasteiger partial charge is 0.219 e. The van der Waals surface area contributed by atoms with Gasteiger partial charge in [-0.25, -0.2) is 0 Å². The summed E-state index contributed by atoms with van der Waals surface area (Å²) in [7, 11) is 0. The van der Waals surface area contributed by atoms with Crippen LogP contribution in [0, 0.1) is 0 Å². The number of rotatable bonds is 3. The second-order valence-corrected chi connectivity index (χ2v) is 8.44. The van der Waals surface area contributed by atoms with Crippen LogP contribution in [0.4, 0.5) is 0 Å². The van der Waals surface area contributed by atoms with E-state index in [-0.39, 0.29) is 11.9 Å². The molecule has 0 radical (unpaired) electrons. The summed E-state index contributed by atoms with van der Waals surface area (Å²) >= 11 is 0. The Morgan fingerprint density at radius 3 is 2.36 bits per heavy atom. The van der Waals surface area contributed by atoms with Gasteiger partial charge < -0.3 is 14.7 Å². The molecule has 3 aliphatic heterocycles. The van der Waals surface area contributed by atoms with Crippen LogP contribution < -0.4 is 0 Å². The molecular weight excluding hydrogens is 354 g/mol. The van der Waals surface area contributed by atoms with E-state index in [1.165, 1.54) is 0 Å². The highest BCUT2D eigenvalue weighted by Crippen LogP contribution is 2.37. The van der Waals surface area contributed by atoms with Crippen LogP contribution in [0.2, 0.25) is 0 Å². The summed E-state index contributed by atoms with van der Waals surface area (Å²) in [6.45, 7) is 8.34. The van der Waals surface area contributed by atoms with E-state index in [1.54, 1.807) is 6.92 Å². The summed E-state index contributed by atoms with van der Waals surface area (Å²) in [5.41, 5.74) is 0.201. The molecule has 6 nitrogen and oxygen atoms in total. The summed E-state index contributed by atoms with van der Waals surface area (Å²) in [5, 5.41) is 11.8. The molecule has 0 saturated carbocycles. The maximum Gasteiger partial charge on any atom is 0.219 e. The van der Waals surface area contributed by atoms with Gasteiger partial charge >= 0.3 is 0 Å². The molecule has 0 bridgehead atoms. The minimum absolute atomic E-state index is 0.0680. The van der Waals surface area contributed by atoms with E-state index < -0.39 is 5.60 Å². The van der Waals surface area contributed by atoms with E-state index in [0.29, 0.717) is 6.04 Å². The number of carbonyl (C=O) groups excluding carboxylic acids is 1. The van der Waals surface area contributed by atoms with Crippen molar-refractivity contribution in [2.75, 3.05) is 52.5 Å². The number of benzene rings is 1. The quantitative estimate of drug-likeness (QED) is 0.847. The molecule has 154 valence electrons. The Balaban J connectivity index is 1.51. The lowest BCUT2D eigenvalue weighted by Crippen LogP contribution is -2.64. The monoisotopic (exact) mass is 387 g/mol. The molecule has 1 aromatic rings. The molecule has 3 saturated heterocycles. The Labute approximate surface area is 168 Å². The van der Waals surface area contributed by atoms with Crippen molar-refractivity contribution in [2.45, 2.75) is 43.9 Å². The lowest BCUT2D eigenvalue weighted by atomic mass is 9.78. The predicted octanol–water partition coefficient (Wildman–Crippen LogP) is 1.29. The molecule has 2 atom stereocenters. The lowest BCUT2D eigenvalue weighted by molar-refractivity contribution is -0.134. The van der Waals surface area contributed by atoms with Gasteiger partial charge in [0, 0.05) is 52.2 Å². The molecule has 3 aliphatic rings. The van der Waals surface area contributed by atoms with Crippen molar-refractivity contribution in [1.82, 2.24) is 14.7 Å². The number of amides is 1. The SMILES string of the molecule is CC(=O)N1CCC(N2CC[C@](O)(c3ccccc3)[C@H](N3CCOCC3)C2)CC1. The van der Waals surface area contributed by atoms with Gasteiger partial charge in [0.1, 0.15) is 5.60 Å². The maximum absolute atomic E-state index is 11.8. The molecule has 0 aliphatic carbocycles. The number of aliphatic hydroxyl groups is 1. The molecule has 1 aromatic carbocycles. The fourth-order valence-corrected chi connectivity index (χ4v) is 5.19. The number of ether oxygens (including phenoxy) is 1. The number of morpholine rings is 1. The Morgan fingerprint density at radius 2 is 1.71 bits per heavy atom. The molecule has 1 amide bonds. The van der Waals surface area contributed by atoms with Crippen molar-refractivity contribution < 1.29 is 14.6 Å². The molecule has 28 heavy (non-hydrogen) atoms. The normalized spacial score (nSPS) is 31.1. The number of hydrogen-bond acceptors (Lipinski definition) is 5. The highest BCUT2D eigenvalue weighted by Gasteiger charge is 2.47. The van der Waals surface area contributed by atoms with E-state index >= 15 is 0 Å². The lowest BCUT2D eigenvalue weighted by Gasteiger charge is -2.52. The average molecular weight is 388 g/mol. The fraction of sp³-hybridized carbons (Fsp3) is 0.682. The van der Waals surface area contributed by atoms with Crippen LogP contribution in [0.5, 0.6) is 0 Å². The molecule has 4 rings (SSSR count). The molecule has 0 unspecified atom stereocenters. The van der Waals surface area contributed by atoms with E-state index in [0.717, 1.165) is 77.3 Å². The summed E-state index contributed by atoms with van der Waals surface area (Å²) in [6.07, 6.45) is 2.80. The molecule has 6 heteroatoms. The standard InChI is InChI=1S/C22H33N3O3/c1-18(26)23-10-7-20(8-11-23)25-12-9-22(27,19-5-3-2-4-6-19)21(17-25)24-13-15-28-16-14-24/h2-6,20-21,27H,7-17H2,1H3/t21-,22+/m1/s1. The Kier molecular flexibility index (Phi) is 6.01. The van der Waals surface area contributed by atoms with Crippen molar-refractivity contribution in [2.24, 2.45) is 0 Å². The molecular formula is C22H33N3O3. The Hall–Kier alpha value is -1.47. The number of likely N-dealkylation sites (tertiary alicyclic amines) is 2. The Morgan fingerprint density at radius 1 is 1.04 bits per heavy atom. The second kappa shape index (κ2) is 8.49. The van der Waals surface area contributed by atoms with Crippen molar-refractivity contribution in [3.63, 3.8) is 0 Å². The zero-order chi connectivity index (χ0) is 19.6. The summed E-state index contributed by atoms with van der Waals surface area (Å²) in [5.74, 6) is 0.182. The van der Waals surface area contributed by atoms with Crippen LogP contribution in [0.3, 0.4) is 0 Å². The number of hydrogen-bond donors (Lipinski definition) is 1. The molecule has 0 spiro atoms.